The molecule has 4 rings (SSSR count). The molecule has 28 heavy (non-hydrogen) atoms. The predicted octanol–water partition coefficient (Wildman–Crippen LogP) is 1.63. The normalized spacial score (nSPS) is 33.7. The quantitative estimate of drug-likeness (QED) is 0.763. The molecule has 0 bridgehead atoms. The van der Waals surface area contributed by atoms with E-state index in [2.05, 4.69) is 10.7 Å². The average Bonchev–Trinajstić information content (AvgIpc) is 3.00. The maximum Gasteiger partial charge on any atom is 0.337 e. The van der Waals surface area contributed by atoms with Gasteiger partial charge in [0, 0.05) is 31.6 Å². The molecular weight excluding hydrogens is 358 g/mol. The molecule has 4 atom stereocenters. The van der Waals surface area contributed by atoms with Gasteiger partial charge in [-0.2, -0.15) is 5.43 Å². The molecule has 4 unspecified atom stereocenters. The summed E-state index contributed by atoms with van der Waals surface area (Å²) >= 11 is 0. The molecule has 4 amide bonds. The zero-order chi connectivity index (χ0) is 19.8. The Kier molecular flexibility index (Phi) is 5.49. The molecule has 2 N–H and O–H groups in total. The maximum atomic E-state index is 13.1. The van der Waals surface area contributed by atoms with Gasteiger partial charge in [-0.25, -0.2) is 4.79 Å². The highest BCUT2D eigenvalue weighted by atomic mass is 16.2. The molecule has 2 saturated carbocycles. The summed E-state index contributed by atoms with van der Waals surface area (Å²) in [6.07, 6.45) is 8.15. The minimum Gasteiger partial charge on any atom is -0.353 e. The van der Waals surface area contributed by atoms with Crippen molar-refractivity contribution in [1.82, 2.24) is 25.6 Å². The summed E-state index contributed by atoms with van der Waals surface area (Å²) in [6.45, 7) is 2.67. The van der Waals surface area contributed by atoms with E-state index in [9.17, 15) is 14.4 Å². The molecule has 0 aromatic carbocycles. The molecular formula is C20H33N5O3. The third-order valence-electron chi connectivity index (χ3n) is 6.94. The molecule has 4 aliphatic rings. The molecule has 0 radical (unpaired) electrons. The molecule has 2 aliphatic carbocycles. The van der Waals surface area contributed by atoms with Gasteiger partial charge in [0.15, 0.2) is 6.29 Å². The first-order valence-electron chi connectivity index (χ1n) is 10.9. The van der Waals surface area contributed by atoms with Crippen molar-refractivity contribution >= 4 is 17.8 Å². The molecule has 156 valence electrons. The van der Waals surface area contributed by atoms with Crippen molar-refractivity contribution in [2.45, 2.75) is 83.1 Å². The van der Waals surface area contributed by atoms with E-state index < -0.39 is 6.29 Å². The Morgan fingerprint density at radius 3 is 2.61 bits per heavy atom. The SMILES string of the molecule is CCCN1C(=O)C2CCC(C(=O)NC3CCCCC3)CC2N2C(=O)N(C)NC12. The number of amides is 4. The summed E-state index contributed by atoms with van der Waals surface area (Å²) in [5.74, 6) is -0.0834. The summed E-state index contributed by atoms with van der Waals surface area (Å²) in [7, 11) is 1.69. The lowest BCUT2D eigenvalue weighted by atomic mass is 9.75. The van der Waals surface area contributed by atoms with Crippen LogP contribution in [0.3, 0.4) is 0 Å². The Balaban J connectivity index is 1.49. The van der Waals surface area contributed by atoms with Gasteiger partial charge in [-0.05, 0) is 38.5 Å². The van der Waals surface area contributed by atoms with E-state index in [0.717, 1.165) is 25.7 Å². The molecule has 8 heteroatoms. The van der Waals surface area contributed by atoms with Crippen molar-refractivity contribution in [2.24, 2.45) is 11.8 Å². The van der Waals surface area contributed by atoms with Gasteiger partial charge in [-0.1, -0.05) is 26.2 Å². The first-order chi connectivity index (χ1) is 13.5. The van der Waals surface area contributed by atoms with E-state index >= 15 is 0 Å². The molecule has 2 saturated heterocycles. The first kappa shape index (κ1) is 19.5. The van der Waals surface area contributed by atoms with Gasteiger partial charge in [0.2, 0.25) is 11.8 Å². The predicted molar refractivity (Wildman–Crippen MR) is 104 cm³/mol. The number of hydrogen-bond donors (Lipinski definition) is 2. The Morgan fingerprint density at radius 2 is 1.89 bits per heavy atom. The summed E-state index contributed by atoms with van der Waals surface area (Å²) < 4.78 is 0. The van der Waals surface area contributed by atoms with Gasteiger partial charge in [0.05, 0.1) is 5.92 Å². The van der Waals surface area contributed by atoms with Crippen LogP contribution < -0.4 is 10.7 Å². The summed E-state index contributed by atoms with van der Waals surface area (Å²) in [5.41, 5.74) is 3.13. The highest BCUT2D eigenvalue weighted by molar-refractivity contribution is 5.86. The fraction of sp³-hybridized carbons (Fsp3) is 0.850. The number of hydrogen-bond acceptors (Lipinski definition) is 4. The number of carbonyl (C=O) groups is 3. The first-order valence-corrected chi connectivity index (χ1v) is 10.9. The van der Waals surface area contributed by atoms with Crippen LogP contribution in [0.4, 0.5) is 4.79 Å². The van der Waals surface area contributed by atoms with E-state index in [4.69, 9.17) is 0 Å². The van der Waals surface area contributed by atoms with E-state index in [0.29, 0.717) is 25.4 Å². The van der Waals surface area contributed by atoms with Crippen LogP contribution >= 0.6 is 0 Å². The van der Waals surface area contributed by atoms with Crippen LogP contribution in [0.5, 0.6) is 0 Å². The Morgan fingerprint density at radius 1 is 1.14 bits per heavy atom. The summed E-state index contributed by atoms with van der Waals surface area (Å²) in [4.78, 5) is 42.4. The summed E-state index contributed by atoms with van der Waals surface area (Å²) in [6, 6.07) is -0.0191. The van der Waals surface area contributed by atoms with E-state index in [1.54, 1.807) is 11.9 Å². The van der Waals surface area contributed by atoms with Crippen LogP contribution in [0.2, 0.25) is 0 Å². The number of rotatable bonds is 4. The second-order valence-electron chi connectivity index (χ2n) is 8.81. The van der Waals surface area contributed by atoms with Gasteiger partial charge >= 0.3 is 6.03 Å². The van der Waals surface area contributed by atoms with Gasteiger partial charge in [0.25, 0.3) is 0 Å². The minimum atomic E-state index is -0.425. The van der Waals surface area contributed by atoms with Crippen molar-refractivity contribution in [3.05, 3.63) is 0 Å². The largest absolute Gasteiger partial charge is 0.353 e. The number of nitrogens with zero attached hydrogens (tertiary/aromatic N) is 3. The number of nitrogens with one attached hydrogen (secondary N) is 2. The zero-order valence-electron chi connectivity index (χ0n) is 17.0. The van der Waals surface area contributed by atoms with Crippen LogP contribution in [0, 0.1) is 11.8 Å². The topological polar surface area (TPSA) is 85.0 Å². The van der Waals surface area contributed by atoms with Gasteiger partial charge in [-0.15, -0.1) is 0 Å². The molecule has 2 heterocycles. The monoisotopic (exact) mass is 391 g/mol. The lowest BCUT2D eigenvalue weighted by Gasteiger charge is -2.49. The molecule has 0 aromatic rings. The highest BCUT2D eigenvalue weighted by Crippen LogP contribution is 2.40. The van der Waals surface area contributed by atoms with Crippen LogP contribution in [-0.4, -0.2) is 64.6 Å². The lowest BCUT2D eigenvalue weighted by molar-refractivity contribution is -0.158. The maximum absolute atomic E-state index is 13.1. The van der Waals surface area contributed by atoms with Crippen molar-refractivity contribution < 1.29 is 14.4 Å². The fourth-order valence-corrected chi connectivity index (χ4v) is 5.46. The van der Waals surface area contributed by atoms with E-state index in [1.807, 2.05) is 11.8 Å². The van der Waals surface area contributed by atoms with Crippen LogP contribution in [0.25, 0.3) is 0 Å². The second kappa shape index (κ2) is 7.89. The fourth-order valence-electron chi connectivity index (χ4n) is 5.46. The van der Waals surface area contributed by atoms with E-state index in [-0.39, 0.29) is 35.7 Å². The Labute approximate surface area is 166 Å². The van der Waals surface area contributed by atoms with Crippen LogP contribution in [0.1, 0.15) is 64.7 Å². The van der Waals surface area contributed by atoms with Crippen molar-refractivity contribution in [3.63, 3.8) is 0 Å². The minimum absolute atomic E-state index is 0.109. The average molecular weight is 392 g/mol. The van der Waals surface area contributed by atoms with Crippen LogP contribution in [0.15, 0.2) is 0 Å². The molecule has 2 aliphatic heterocycles. The van der Waals surface area contributed by atoms with Gasteiger partial charge < -0.3 is 10.2 Å². The number of hydrazine groups is 1. The van der Waals surface area contributed by atoms with Crippen molar-refractivity contribution in [3.8, 4) is 0 Å². The molecule has 4 fully saturated rings. The standard InChI is InChI=1S/C20H33N5O3/c1-3-11-24-18(27)15-10-9-13(17(26)21-14-7-5-4-6-8-14)12-16(15)25-19(24)22-23(2)20(25)28/h13-16,19,22H,3-12H2,1-2H3,(H,21,26). The third kappa shape index (κ3) is 3.36. The van der Waals surface area contributed by atoms with Crippen molar-refractivity contribution in [1.29, 1.82) is 0 Å². The lowest BCUT2D eigenvalue weighted by Crippen LogP contribution is -2.67. The zero-order valence-corrected chi connectivity index (χ0v) is 17.0. The highest BCUT2D eigenvalue weighted by Gasteiger charge is 2.55. The molecule has 0 spiro atoms. The molecule has 8 nitrogen and oxygen atoms in total. The number of fused-ring (bicyclic) bond motifs is 3. The second-order valence-corrected chi connectivity index (χ2v) is 8.81. The van der Waals surface area contributed by atoms with Gasteiger partial charge in [0.1, 0.15) is 0 Å². The van der Waals surface area contributed by atoms with E-state index in [1.165, 1.54) is 24.3 Å². The Bertz CT molecular complexity index is 635. The van der Waals surface area contributed by atoms with Gasteiger partial charge in [-0.3, -0.25) is 19.5 Å². The summed E-state index contributed by atoms with van der Waals surface area (Å²) in [5, 5.41) is 4.71. The molecule has 0 aromatic heterocycles. The van der Waals surface area contributed by atoms with Crippen LogP contribution in [-0.2, 0) is 9.59 Å². The number of carbonyl (C=O) groups excluding carboxylic acids is 3. The Hall–Kier alpha value is -1.83. The third-order valence-corrected chi connectivity index (χ3v) is 6.94. The van der Waals surface area contributed by atoms with Crippen molar-refractivity contribution in [2.75, 3.05) is 13.6 Å². The smallest absolute Gasteiger partial charge is 0.337 e. The number of urea groups is 1.